The van der Waals surface area contributed by atoms with Crippen molar-refractivity contribution in [3.05, 3.63) is 27.9 Å². The molecule has 0 aliphatic carbocycles. The van der Waals surface area contributed by atoms with E-state index in [0.29, 0.717) is 33.8 Å². The van der Waals surface area contributed by atoms with Gasteiger partial charge in [0.1, 0.15) is 0 Å². The molecule has 1 heterocycles. The van der Waals surface area contributed by atoms with Crippen molar-refractivity contribution in [3.8, 4) is 11.5 Å². The van der Waals surface area contributed by atoms with Crippen molar-refractivity contribution in [2.75, 3.05) is 39.2 Å². The van der Waals surface area contributed by atoms with Gasteiger partial charge in [-0.25, -0.2) is 4.98 Å². The van der Waals surface area contributed by atoms with Crippen molar-refractivity contribution in [2.24, 2.45) is 0 Å². The van der Waals surface area contributed by atoms with Gasteiger partial charge in [0.25, 0.3) is 0 Å². The summed E-state index contributed by atoms with van der Waals surface area (Å²) in [6.07, 6.45) is 1.92. The highest BCUT2D eigenvalue weighted by Crippen LogP contribution is 2.40. The molecule has 1 unspecified atom stereocenters. The van der Waals surface area contributed by atoms with E-state index in [0.717, 1.165) is 32.5 Å². The minimum absolute atomic E-state index is 0.0397. The van der Waals surface area contributed by atoms with Gasteiger partial charge >= 0.3 is 5.69 Å². The van der Waals surface area contributed by atoms with Gasteiger partial charge in [0, 0.05) is 17.1 Å². The number of methoxy groups -OCH3 is 2. The van der Waals surface area contributed by atoms with Crippen LogP contribution in [0.5, 0.6) is 11.5 Å². The van der Waals surface area contributed by atoms with E-state index in [2.05, 4.69) is 29.0 Å². The first-order valence-corrected chi connectivity index (χ1v) is 10.1. The highest BCUT2D eigenvalue weighted by molar-refractivity contribution is 5.98. The summed E-state index contributed by atoms with van der Waals surface area (Å²) in [6.45, 7) is 11.2. The summed E-state index contributed by atoms with van der Waals surface area (Å²) in [4.78, 5) is 18.4. The van der Waals surface area contributed by atoms with E-state index >= 15 is 0 Å². The number of aryl methyl sites for hydroxylation is 1. The van der Waals surface area contributed by atoms with Gasteiger partial charge in [-0.3, -0.25) is 10.1 Å². The second kappa shape index (κ2) is 10.2. The number of hydrogen-bond acceptors (Lipinski definition) is 7. The number of nitro groups is 1. The van der Waals surface area contributed by atoms with Gasteiger partial charge in [-0.15, -0.1) is 0 Å². The van der Waals surface area contributed by atoms with Crippen molar-refractivity contribution in [1.29, 1.82) is 0 Å². The minimum Gasteiger partial charge on any atom is -0.493 e. The topological polar surface area (TPSA) is 89.8 Å². The molecule has 160 valence electrons. The monoisotopic (exact) mass is 404 g/mol. The predicted molar refractivity (Wildman–Crippen MR) is 116 cm³/mol. The Hall–Kier alpha value is -2.61. The number of aromatic nitrogens is 1. The molecule has 0 radical (unpaired) electrons. The summed E-state index contributed by atoms with van der Waals surface area (Å²) in [7, 11) is 3.05. The van der Waals surface area contributed by atoms with Gasteiger partial charge in [-0.1, -0.05) is 13.8 Å². The molecule has 1 atom stereocenters. The Morgan fingerprint density at radius 2 is 1.76 bits per heavy atom. The SMILES string of the molecule is CCN(CC)CCCC(C)Nc1nc(C)c2cc(OC)c(OC)cc2c1[N+](=O)[O-]. The molecule has 0 saturated heterocycles. The number of anilines is 1. The number of benzene rings is 1. The van der Waals surface area contributed by atoms with Crippen LogP contribution in [0.2, 0.25) is 0 Å². The fourth-order valence-corrected chi connectivity index (χ4v) is 3.53. The van der Waals surface area contributed by atoms with Crippen LogP contribution in [-0.4, -0.2) is 54.7 Å². The van der Waals surface area contributed by atoms with Crippen molar-refractivity contribution in [3.63, 3.8) is 0 Å². The molecule has 0 bridgehead atoms. The molecule has 1 aromatic carbocycles. The lowest BCUT2D eigenvalue weighted by Gasteiger charge is -2.20. The smallest absolute Gasteiger partial charge is 0.319 e. The average molecular weight is 405 g/mol. The number of fused-ring (bicyclic) bond motifs is 1. The van der Waals surface area contributed by atoms with E-state index in [1.807, 2.05) is 13.8 Å². The third-order valence-electron chi connectivity index (χ3n) is 5.24. The number of hydrogen-bond donors (Lipinski definition) is 1. The zero-order valence-corrected chi connectivity index (χ0v) is 18.2. The van der Waals surface area contributed by atoms with Crippen LogP contribution >= 0.6 is 0 Å². The summed E-state index contributed by atoms with van der Waals surface area (Å²) >= 11 is 0. The second-order valence-corrected chi connectivity index (χ2v) is 7.12. The number of nitrogens with one attached hydrogen (secondary N) is 1. The summed E-state index contributed by atoms with van der Waals surface area (Å²) in [5.41, 5.74) is 0.659. The van der Waals surface area contributed by atoms with E-state index in [1.54, 1.807) is 12.1 Å². The van der Waals surface area contributed by atoms with Crippen molar-refractivity contribution < 1.29 is 14.4 Å². The Morgan fingerprint density at radius 1 is 1.17 bits per heavy atom. The zero-order chi connectivity index (χ0) is 21.6. The Balaban J connectivity index is 2.35. The zero-order valence-electron chi connectivity index (χ0n) is 18.2. The fraction of sp³-hybridized carbons (Fsp3) is 0.571. The maximum atomic E-state index is 11.9. The third kappa shape index (κ3) is 5.26. The van der Waals surface area contributed by atoms with Crippen LogP contribution in [0, 0.1) is 17.0 Å². The Labute approximate surface area is 172 Å². The quantitative estimate of drug-likeness (QED) is 0.439. The summed E-state index contributed by atoms with van der Waals surface area (Å²) in [6, 6.07) is 3.45. The van der Waals surface area contributed by atoms with E-state index in [4.69, 9.17) is 9.47 Å². The van der Waals surface area contributed by atoms with E-state index in [9.17, 15) is 10.1 Å². The lowest BCUT2D eigenvalue weighted by Crippen LogP contribution is -2.26. The molecule has 2 aromatic rings. The van der Waals surface area contributed by atoms with Crippen LogP contribution in [0.1, 0.15) is 39.3 Å². The first-order chi connectivity index (χ1) is 13.9. The number of ether oxygens (including phenoxy) is 2. The molecule has 0 amide bonds. The van der Waals surface area contributed by atoms with E-state index in [-0.39, 0.29) is 16.7 Å². The molecule has 0 aliphatic rings. The lowest BCUT2D eigenvalue weighted by molar-refractivity contribution is -0.382. The fourth-order valence-electron chi connectivity index (χ4n) is 3.53. The highest BCUT2D eigenvalue weighted by atomic mass is 16.6. The van der Waals surface area contributed by atoms with Crippen molar-refractivity contribution in [2.45, 2.75) is 46.6 Å². The largest absolute Gasteiger partial charge is 0.493 e. The molecule has 0 aliphatic heterocycles. The van der Waals surface area contributed by atoms with Gasteiger partial charge in [0.05, 0.1) is 24.5 Å². The summed E-state index contributed by atoms with van der Waals surface area (Å²) in [5.74, 6) is 1.26. The molecule has 8 heteroatoms. The lowest BCUT2D eigenvalue weighted by atomic mass is 10.1. The maximum Gasteiger partial charge on any atom is 0.319 e. The normalized spacial score (nSPS) is 12.2. The Kier molecular flexibility index (Phi) is 8.01. The second-order valence-electron chi connectivity index (χ2n) is 7.12. The standard InChI is InChI=1S/C21H32N4O4/c1-7-24(8-2)11-9-10-14(3)22-21-20(25(26)27)17-13-19(29-6)18(28-5)12-16(17)15(4)23-21/h12-14H,7-11H2,1-6H3,(H,22,23). The van der Waals surface area contributed by atoms with Gasteiger partial charge in [-0.05, 0) is 58.5 Å². The summed E-state index contributed by atoms with van der Waals surface area (Å²) < 4.78 is 10.7. The first-order valence-electron chi connectivity index (χ1n) is 10.1. The predicted octanol–water partition coefficient (Wildman–Crippen LogP) is 4.39. The molecule has 0 fully saturated rings. The van der Waals surface area contributed by atoms with E-state index < -0.39 is 0 Å². The molecular formula is C21H32N4O4. The van der Waals surface area contributed by atoms with Gasteiger partial charge in [0.15, 0.2) is 11.5 Å². The van der Waals surface area contributed by atoms with Crippen molar-refractivity contribution >= 4 is 22.3 Å². The highest BCUT2D eigenvalue weighted by Gasteiger charge is 2.25. The number of pyridine rings is 1. The molecule has 0 spiro atoms. The van der Waals surface area contributed by atoms with Crippen LogP contribution < -0.4 is 14.8 Å². The third-order valence-corrected chi connectivity index (χ3v) is 5.24. The Morgan fingerprint density at radius 3 is 2.28 bits per heavy atom. The van der Waals surface area contributed by atoms with Gasteiger partial charge in [0.2, 0.25) is 5.82 Å². The minimum atomic E-state index is -0.383. The first kappa shape index (κ1) is 22.7. The molecule has 8 nitrogen and oxygen atoms in total. The Bertz CT molecular complexity index is 852. The van der Waals surface area contributed by atoms with Gasteiger partial charge < -0.3 is 19.7 Å². The molecule has 0 saturated carbocycles. The number of rotatable bonds is 11. The van der Waals surface area contributed by atoms with Crippen LogP contribution in [0.3, 0.4) is 0 Å². The molecule has 2 rings (SSSR count). The van der Waals surface area contributed by atoms with Gasteiger partial charge in [-0.2, -0.15) is 0 Å². The molecule has 29 heavy (non-hydrogen) atoms. The van der Waals surface area contributed by atoms with Crippen LogP contribution in [0.4, 0.5) is 11.5 Å². The molecule has 1 N–H and O–H groups in total. The molecular weight excluding hydrogens is 372 g/mol. The maximum absolute atomic E-state index is 11.9. The van der Waals surface area contributed by atoms with Crippen LogP contribution in [0.15, 0.2) is 12.1 Å². The molecule has 1 aromatic heterocycles. The van der Waals surface area contributed by atoms with E-state index in [1.165, 1.54) is 14.2 Å². The average Bonchev–Trinajstić information content (AvgIpc) is 2.70. The summed E-state index contributed by atoms with van der Waals surface area (Å²) in [5, 5.41) is 16.3. The van der Waals surface area contributed by atoms with Crippen LogP contribution in [-0.2, 0) is 0 Å². The van der Waals surface area contributed by atoms with Crippen molar-refractivity contribution in [1.82, 2.24) is 9.88 Å². The van der Waals surface area contributed by atoms with Crippen LogP contribution in [0.25, 0.3) is 10.8 Å². The number of nitrogens with zero attached hydrogens (tertiary/aromatic N) is 3.